The van der Waals surface area contributed by atoms with Crippen molar-refractivity contribution < 1.29 is 38.0 Å². The summed E-state index contributed by atoms with van der Waals surface area (Å²) in [6.07, 6.45) is 1.99. The minimum atomic E-state index is -0.678. The van der Waals surface area contributed by atoms with Crippen molar-refractivity contribution in [3.8, 4) is 0 Å². The number of carbonyl (C=O) groups is 2. The molecule has 0 unspecified atom stereocenters. The molecular formula is C18H18O8. The van der Waals surface area contributed by atoms with E-state index >= 15 is 0 Å². The Bertz CT molecular complexity index is 643. The monoisotopic (exact) mass is 362 g/mol. The normalized spacial score (nSPS) is 19.4. The van der Waals surface area contributed by atoms with E-state index in [0.29, 0.717) is 37.9 Å². The number of rotatable bonds is 8. The van der Waals surface area contributed by atoms with E-state index in [1.165, 1.54) is 0 Å². The van der Waals surface area contributed by atoms with Gasteiger partial charge in [0.1, 0.15) is 11.5 Å². The van der Waals surface area contributed by atoms with Crippen molar-refractivity contribution in [2.24, 2.45) is 0 Å². The second kappa shape index (κ2) is 9.02. The fraction of sp³-hybridized carbons (Fsp3) is 0.333. The molecule has 1 aromatic carbocycles. The quantitative estimate of drug-likeness (QED) is 0.515. The van der Waals surface area contributed by atoms with Gasteiger partial charge in [0.15, 0.2) is 13.2 Å². The summed E-state index contributed by atoms with van der Waals surface area (Å²) in [6.45, 7) is 1.86. The minimum Gasteiger partial charge on any atom is -0.426 e. The van der Waals surface area contributed by atoms with E-state index in [-0.39, 0.29) is 13.2 Å². The van der Waals surface area contributed by atoms with Crippen molar-refractivity contribution in [1.29, 1.82) is 0 Å². The zero-order valence-corrected chi connectivity index (χ0v) is 14.0. The predicted octanol–water partition coefficient (Wildman–Crippen LogP) is 2.82. The van der Waals surface area contributed by atoms with Gasteiger partial charge in [-0.1, -0.05) is 24.3 Å². The van der Waals surface area contributed by atoms with E-state index in [1.54, 1.807) is 12.2 Å². The van der Waals surface area contributed by atoms with Crippen LogP contribution >= 0.6 is 0 Å². The molecule has 0 spiro atoms. The van der Waals surface area contributed by atoms with Gasteiger partial charge in [-0.25, -0.2) is 9.59 Å². The van der Waals surface area contributed by atoms with Crippen molar-refractivity contribution in [2.75, 3.05) is 26.4 Å². The Morgan fingerprint density at radius 3 is 1.54 bits per heavy atom. The minimum absolute atomic E-state index is 0.156. The molecule has 0 saturated carbocycles. The molecule has 0 atom stereocenters. The summed E-state index contributed by atoms with van der Waals surface area (Å²) in [5, 5.41) is 0. The predicted molar refractivity (Wildman–Crippen MR) is 86.8 cm³/mol. The van der Waals surface area contributed by atoms with Crippen LogP contribution in [0.4, 0.5) is 9.59 Å². The van der Waals surface area contributed by atoms with Gasteiger partial charge in [-0.05, 0) is 23.3 Å². The Hall–Kier alpha value is -2.84. The second-order valence-corrected chi connectivity index (χ2v) is 5.47. The van der Waals surface area contributed by atoms with Crippen LogP contribution in [-0.4, -0.2) is 38.7 Å². The summed E-state index contributed by atoms with van der Waals surface area (Å²) >= 11 is 0. The van der Waals surface area contributed by atoms with Crippen LogP contribution in [0.15, 0.2) is 47.9 Å². The first-order chi connectivity index (χ1) is 12.7. The third-order valence-electron chi connectivity index (χ3n) is 3.51. The molecule has 0 amide bonds. The average molecular weight is 362 g/mol. The van der Waals surface area contributed by atoms with Crippen LogP contribution in [0.2, 0.25) is 0 Å². The molecule has 1 aromatic rings. The maximum Gasteiger partial charge on any atom is 0.514 e. The second-order valence-electron chi connectivity index (χ2n) is 5.47. The van der Waals surface area contributed by atoms with Gasteiger partial charge in [0, 0.05) is 0 Å². The summed E-state index contributed by atoms with van der Waals surface area (Å²) in [5.41, 5.74) is 2.04. The zero-order valence-electron chi connectivity index (χ0n) is 14.0. The van der Waals surface area contributed by atoms with E-state index in [0.717, 1.165) is 11.1 Å². The number of ether oxygens (including phenoxy) is 6. The molecule has 2 saturated heterocycles. The van der Waals surface area contributed by atoms with Crippen molar-refractivity contribution in [2.45, 2.75) is 13.2 Å². The molecule has 2 aliphatic rings. The number of hydrogen-bond donors (Lipinski definition) is 0. The Kier molecular flexibility index (Phi) is 6.24. The van der Waals surface area contributed by atoms with Gasteiger partial charge < -0.3 is 28.4 Å². The molecule has 8 heteroatoms. The standard InChI is InChI=1S/C18H18O8/c19-17-23-11-15(25-17)5-7-21-9-13-1-2-14(4-3-13)10-22-8-6-16-12-24-18(20)26-16/h1-6H,7-12H2/b15-5+,16-6+. The molecule has 26 heavy (non-hydrogen) atoms. The fourth-order valence-corrected chi connectivity index (χ4v) is 2.18. The molecular weight excluding hydrogens is 344 g/mol. The van der Waals surface area contributed by atoms with Gasteiger partial charge >= 0.3 is 12.3 Å². The van der Waals surface area contributed by atoms with Crippen LogP contribution in [0.25, 0.3) is 0 Å². The molecule has 2 aliphatic heterocycles. The maximum atomic E-state index is 10.7. The Morgan fingerprint density at radius 2 is 1.19 bits per heavy atom. The highest BCUT2D eigenvalue weighted by Gasteiger charge is 2.18. The lowest BCUT2D eigenvalue weighted by Crippen LogP contribution is -1.97. The molecule has 0 radical (unpaired) electrons. The molecule has 0 N–H and O–H groups in total. The zero-order chi connectivity index (χ0) is 18.2. The summed E-state index contributed by atoms with van der Waals surface area (Å²) < 4.78 is 29.9. The van der Waals surface area contributed by atoms with E-state index in [1.807, 2.05) is 24.3 Å². The van der Waals surface area contributed by atoms with Gasteiger partial charge in [-0.2, -0.15) is 0 Å². The van der Waals surface area contributed by atoms with Crippen LogP contribution in [0, 0.1) is 0 Å². The van der Waals surface area contributed by atoms with Crippen molar-refractivity contribution in [3.05, 3.63) is 59.1 Å². The van der Waals surface area contributed by atoms with E-state index < -0.39 is 12.3 Å². The van der Waals surface area contributed by atoms with Gasteiger partial charge in [0.2, 0.25) is 0 Å². The van der Waals surface area contributed by atoms with Gasteiger partial charge in [-0.15, -0.1) is 0 Å². The number of hydrogen-bond acceptors (Lipinski definition) is 8. The summed E-state index contributed by atoms with van der Waals surface area (Å²) in [5.74, 6) is 0.938. The molecule has 3 rings (SSSR count). The highest BCUT2D eigenvalue weighted by atomic mass is 16.8. The average Bonchev–Trinajstić information content (AvgIpc) is 3.25. The van der Waals surface area contributed by atoms with E-state index in [2.05, 4.69) is 9.47 Å². The topological polar surface area (TPSA) is 89.5 Å². The van der Waals surface area contributed by atoms with Crippen LogP contribution in [-0.2, 0) is 41.6 Å². The Balaban J connectivity index is 1.33. The van der Waals surface area contributed by atoms with Gasteiger partial charge in [0.25, 0.3) is 0 Å². The number of cyclic esters (lactones) is 4. The Labute approximate surface area is 149 Å². The number of benzene rings is 1. The van der Waals surface area contributed by atoms with Crippen molar-refractivity contribution in [1.82, 2.24) is 0 Å². The summed E-state index contributed by atoms with van der Waals surface area (Å²) in [7, 11) is 0. The molecule has 8 nitrogen and oxygen atoms in total. The van der Waals surface area contributed by atoms with Gasteiger partial charge in [0.05, 0.1) is 26.4 Å². The van der Waals surface area contributed by atoms with Crippen LogP contribution < -0.4 is 0 Å². The van der Waals surface area contributed by atoms with Crippen LogP contribution in [0.3, 0.4) is 0 Å². The first-order valence-corrected chi connectivity index (χ1v) is 7.99. The lowest BCUT2D eigenvalue weighted by Gasteiger charge is -2.05. The maximum absolute atomic E-state index is 10.7. The summed E-state index contributed by atoms with van der Waals surface area (Å²) in [6, 6.07) is 7.82. The summed E-state index contributed by atoms with van der Waals surface area (Å²) in [4.78, 5) is 21.5. The smallest absolute Gasteiger partial charge is 0.426 e. The first kappa shape index (κ1) is 18.0. The largest absolute Gasteiger partial charge is 0.514 e. The molecule has 0 aliphatic carbocycles. The lowest BCUT2D eigenvalue weighted by atomic mass is 10.1. The first-order valence-electron chi connectivity index (χ1n) is 7.99. The fourth-order valence-electron chi connectivity index (χ4n) is 2.18. The Morgan fingerprint density at radius 1 is 0.769 bits per heavy atom. The van der Waals surface area contributed by atoms with Crippen LogP contribution in [0.5, 0.6) is 0 Å². The molecule has 0 aromatic heterocycles. The SMILES string of the molecule is O=C1OC/C(=C\COCc2ccc(COC/C=C3\COC(=O)O3)cc2)O1. The van der Waals surface area contributed by atoms with Crippen molar-refractivity contribution in [3.63, 3.8) is 0 Å². The van der Waals surface area contributed by atoms with Gasteiger partial charge in [-0.3, -0.25) is 0 Å². The third kappa shape index (κ3) is 5.61. The highest BCUT2D eigenvalue weighted by molar-refractivity contribution is 5.64. The third-order valence-corrected chi connectivity index (χ3v) is 3.51. The molecule has 138 valence electrons. The molecule has 0 bridgehead atoms. The van der Waals surface area contributed by atoms with Crippen LogP contribution in [0.1, 0.15) is 11.1 Å². The highest BCUT2D eigenvalue weighted by Crippen LogP contribution is 2.12. The van der Waals surface area contributed by atoms with E-state index in [4.69, 9.17) is 18.9 Å². The molecule has 2 fully saturated rings. The lowest BCUT2D eigenvalue weighted by molar-refractivity contribution is 0.133. The molecule has 2 heterocycles. The number of carbonyl (C=O) groups excluding carboxylic acids is 2. The van der Waals surface area contributed by atoms with Crippen molar-refractivity contribution >= 4 is 12.3 Å². The van der Waals surface area contributed by atoms with E-state index in [9.17, 15) is 9.59 Å².